The van der Waals surface area contributed by atoms with Crippen molar-refractivity contribution in [3.8, 4) is 12.1 Å². The van der Waals surface area contributed by atoms with Gasteiger partial charge in [0, 0.05) is 44.6 Å². The zero-order valence-electron chi connectivity index (χ0n) is 30.5. The number of aromatic nitrogens is 4. The fourth-order valence-corrected chi connectivity index (χ4v) is 6.21. The predicted octanol–water partition coefficient (Wildman–Crippen LogP) is 9.20. The zero-order valence-corrected chi connectivity index (χ0v) is 32.3. The Morgan fingerprint density at radius 2 is 1.30 bits per heavy atom. The van der Waals surface area contributed by atoms with Gasteiger partial charge in [0.1, 0.15) is 12.1 Å². The third kappa shape index (κ3) is 9.64. The Bertz CT molecular complexity index is 2460. The maximum atomic E-state index is 12.9. The Morgan fingerprint density at radius 1 is 0.789 bits per heavy atom. The van der Waals surface area contributed by atoms with Gasteiger partial charge < -0.3 is 34.1 Å². The summed E-state index contributed by atoms with van der Waals surface area (Å²) >= 11 is 0. The summed E-state index contributed by atoms with van der Waals surface area (Å²) in [6.45, 7) is 17.6. The number of benzene rings is 2. The van der Waals surface area contributed by atoms with E-state index in [1.54, 1.807) is 20.2 Å². The molecule has 0 spiro atoms. The molecule has 0 N–H and O–H groups in total. The fourth-order valence-electron chi connectivity index (χ4n) is 5.70. The molecule has 6 rings (SSSR count). The summed E-state index contributed by atoms with van der Waals surface area (Å²) < 4.78 is 67.4. The normalized spacial score (nSPS) is 14.0. The van der Waals surface area contributed by atoms with Gasteiger partial charge in [-0.15, -0.1) is 28.1 Å². The van der Waals surface area contributed by atoms with Crippen LogP contribution in [0.3, 0.4) is 0 Å². The first-order chi connectivity index (χ1) is 26.7. The van der Waals surface area contributed by atoms with Gasteiger partial charge in [-0.1, -0.05) is 41.1 Å². The third-order valence-electron chi connectivity index (χ3n) is 8.63. The number of sulfonamides is 1. The Labute approximate surface area is 336 Å². The molecule has 2 aromatic heterocycles. The van der Waals surface area contributed by atoms with Crippen LogP contribution in [0.2, 0.25) is 0 Å². The summed E-state index contributed by atoms with van der Waals surface area (Å²) in [6.07, 6.45) is 4.23. The molecule has 4 heterocycles. The van der Waals surface area contributed by atoms with E-state index in [0.29, 0.717) is 24.5 Å². The van der Waals surface area contributed by atoms with E-state index in [1.165, 1.54) is 41.2 Å². The molecule has 0 radical (unpaired) electrons. The van der Waals surface area contributed by atoms with Crippen molar-refractivity contribution in [1.82, 2.24) is 19.1 Å². The van der Waals surface area contributed by atoms with Crippen LogP contribution in [0.4, 0.5) is 70.8 Å². The molecule has 2 saturated heterocycles. The first kappa shape index (κ1) is 43.2. The summed E-state index contributed by atoms with van der Waals surface area (Å²) in [6, 6.07) is 13.8. The van der Waals surface area contributed by atoms with Crippen molar-refractivity contribution in [2.45, 2.75) is 31.2 Å². The quantitative estimate of drug-likeness (QED) is 0.0898. The van der Waals surface area contributed by atoms with E-state index in [0.717, 1.165) is 37.3 Å². The molecule has 23 heteroatoms. The van der Waals surface area contributed by atoms with Crippen molar-refractivity contribution in [2.75, 3.05) is 43.0 Å². The Hall–Kier alpha value is -6.55. The van der Waals surface area contributed by atoms with Crippen LogP contribution in [0.5, 0.6) is 0 Å². The Kier molecular flexibility index (Phi) is 13.9. The molecule has 296 valence electrons. The maximum Gasteiger partial charge on any atom is 2.00 e. The molecule has 0 amide bonds. The summed E-state index contributed by atoms with van der Waals surface area (Å²) in [7, 11) is -1.05. The zero-order chi connectivity index (χ0) is 40.6. The summed E-state index contributed by atoms with van der Waals surface area (Å²) in [5, 5.41) is 38.3. The van der Waals surface area contributed by atoms with Gasteiger partial charge in [0.15, 0.2) is 21.4 Å². The average Bonchev–Trinajstić information content (AvgIpc) is 4.01. The number of halogens is 3. The van der Waals surface area contributed by atoms with Crippen molar-refractivity contribution in [3.63, 3.8) is 0 Å². The van der Waals surface area contributed by atoms with Crippen LogP contribution in [0, 0.1) is 35.8 Å². The van der Waals surface area contributed by atoms with Crippen LogP contribution in [0.1, 0.15) is 37.1 Å². The van der Waals surface area contributed by atoms with Crippen LogP contribution in [0.15, 0.2) is 56.9 Å². The molecule has 0 unspecified atom stereocenters. The monoisotopic (exact) mass is 842 g/mol. The smallest absolute Gasteiger partial charge is 0.685 e. The second-order valence-electron chi connectivity index (χ2n) is 12.1. The number of anilines is 2. The summed E-state index contributed by atoms with van der Waals surface area (Å²) in [5.41, 5.74) is -3.13. The van der Waals surface area contributed by atoms with E-state index in [1.807, 2.05) is 35.2 Å². The molecule has 0 bridgehead atoms. The molecule has 57 heavy (non-hydrogen) atoms. The third-order valence-corrected chi connectivity index (χ3v) is 9.65. The van der Waals surface area contributed by atoms with E-state index < -0.39 is 21.2 Å². The van der Waals surface area contributed by atoms with E-state index in [4.69, 9.17) is 23.7 Å². The van der Waals surface area contributed by atoms with Gasteiger partial charge in [-0.05, 0) is 49.9 Å². The van der Waals surface area contributed by atoms with Gasteiger partial charge in [-0.25, -0.2) is 13.0 Å². The number of hydrogen-bond acceptors (Lipinski definition) is 12. The van der Waals surface area contributed by atoms with Gasteiger partial charge in [0.25, 0.3) is 17.6 Å². The van der Waals surface area contributed by atoms with E-state index >= 15 is 0 Å². The van der Waals surface area contributed by atoms with E-state index in [9.17, 15) is 21.6 Å². The van der Waals surface area contributed by atoms with Crippen molar-refractivity contribution in [2.24, 2.45) is 34.6 Å². The van der Waals surface area contributed by atoms with Crippen LogP contribution >= 0.6 is 0 Å². The number of alkyl halides is 3. The minimum atomic E-state index is -5.81. The number of azo groups is 2. The van der Waals surface area contributed by atoms with E-state index in [-0.39, 0.29) is 57.1 Å². The molecular weight excluding hydrogens is 812 g/mol. The van der Waals surface area contributed by atoms with Gasteiger partial charge in [-0.2, -0.15) is 28.7 Å². The van der Waals surface area contributed by atoms with Gasteiger partial charge in [0.2, 0.25) is 0 Å². The van der Waals surface area contributed by atoms with Crippen LogP contribution < -0.4 is 9.80 Å². The standard InChI is InChI=1S/C17H14F3N8O2S.C17H17N8.Ni/c1-21-14-15(22-2)27(3)16(23-14)25-24-12-7-6-11(28-8-4-5-9-28)10-13(12)26-31(29,30)17(18,19)20;1-20-14-9-12(25-7-3-4-8-25)5-6-13(14)22-23-17-21-15(10-18)16(11-19)24(17)2;/h6-7,10H,4-5,8-9H2,3H3;5-6,9H,3-4,7-8H2,1-2H3;/q2*-1;+2. The largest absolute Gasteiger partial charge is 2.00 e. The molecule has 18 nitrogen and oxygen atoms in total. The van der Waals surface area contributed by atoms with Crippen LogP contribution in [0.25, 0.3) is 19.7 Å². The Morgan fingerprint density at radius 3 is 1.72 bits per heavy atom. The number of hydrogen-bond donors (Lipinski definition) is 0. The minimum Gasteiger partial charge on any atom is -0.685 e. The van der Waals surface area contributed by atoms with Gasteiger partial charge >= 0.3 is 27.9 Å². The fraction of sp³-hybridized carbons (Fsp3) is 0.353. The van der Waals surface area contributed by atoms with Crippen molar-refractivity contribution in [3.05, 3.63) is 80.7 Å². The molecule has 0 aliphatic carbocycles. The number of rotatable bonds is 9. The van der Waals surface area contributed by atoms with E-state index in [2.05, 4.69) is 55.1 Å². The average molecular weight is 843 g/mol. The number of nitrogens with zero attached hydrogens (tertiary/aromatic N) is 16. The summed E-state index contributed by atoms with van der Waals surface area (Å²) in [4.78, 5) is 18.4. The van der Waals surface area contributed by atoms with Gasteiger partial charge in [-0.3, -0.25) is 0 Å². The second-order valence-corrected chi connectivity index (χ2v) is 13.7. The van der Waals surface area contributed by atoms with Crippen LogP contribution in [-0.4, -0.2) is 66.3 Å². The molecular formula is C34H31F3N16NiO2S. The second kappa shape index (κ2) is 18.4. The molecule has 4 aromatic rings. The summed E-state index contributed by atoms with van der Waals surface area (Å²) in [5.74, 6) is -0.234. The topological polar surface area (TPSA) is 210 Å². The first-order valence-corrected chi connectivity index (χ1v) is 18.1. The van der Waals surface area contributed by atoms with Crippen LogP contribution in [-0.2, 0) is 40.6 Å². The number of imidazole rings is 2. The molecule has 2 aromatic carbocycles. The Balaban J connectivity index is 0.000000254. The van der Waals surface area contributed by atoms with Crippen molar-refractivity contribution < 1.29 is 38.1 Å². The predicted molar refractivity (Wildman–Crippen MR) is 199 cm³/mol. The molecule has 2 aliphatic rings. The first-order valence-electron chi connectivity index (χ1n) is 16.7. The minimum absolute atomic E-state index is 0. The van der Waals surface area contributed by atoms with Crippen molar-refractivity contribution >= 4 is 67.7 Å². The maximum absolute atomic E-state index is 12.9. The van der Waals surface area contributed by atoms with Crippen molar-refractivity contribution in [1.29, 1.82) is 10.5 Å². The molecule has 0 saturated carbocycles. The molecule has 0 atom stereocenters. The molecule has 2 fully saturated rings. The number of nitriles is 2. The SMILES string of the molecule is C[N-]c1cc(N2CCCC2)ccc1N=Nc1nc(C#N)c(C#N)n1C.[C-]#[N+]c1nc(N=Nc2ccc(N3CCCC3)cc2[N-]S(=O)(=O)C(F)(F)F)n(C)c1[N+]#[C-].[Ni+2]. The molecule has 2 aliphatic heterocycles. The van der Waals surface area contributed by atoms with Gasteiger partial charge in [0.05, 0.1) is 18.4 Å².